The number of ketones is 1. The second-order valence-corrected chi connectivity index (χ2v) is 46.9. The molecular weight excluding hydrogens is 1600 g/mol. The van der Waals surface area contributed by atoms with Gasteiger partial charge in [-0.15, -0.1) is 0 Å². The van der Waals surface area contributed by atoms with Crippen molar-refractivity contribution in [3.63, 3.8) is 0 Å². The van der Waals surface area contributed by atoms with Gasteiger partial charge in [0.05, 0.1) is 61.0 Å². The van der Waals surface area contributed by atoms with Crippen LogP contribution in [0.1, 0.15) is 208 Å². The molecule has 120 heavy (non-hydrogen) atoms. The Labute approximate surface area is 715 Å². The van der Waals surface area contributed by atoms with Crippen molar-refractivity contribution in [2.45, 2.75) is 274 Å². The number of ether oxygens (including phenoxy) is 7. The molecule has 0 spiro atoms. The SMILES string of the molecule is CC(C)(C)c1ccc([S+]2CCOCC2)cc1.CC(C)(C)c1ccc([S+]2CCOCC2)cc1.CC(F)(F)C(=O)OC12CC3CC(C1)C(=O)C(C3)C2.CC(F)(F)C(=O)OC1C2CC3CC1CC(C(=O)OCOC1C4CC5CC(C4)CC1C5)(C3)C2.CC(F)(F)C(=O)OCC12CC3CC(CC(O)(C3)C1)C2.c1ccc([S+](c2ccccc2)c2ccccc2)cc1. The molecule has 6 unspecified atom stereocenters. The molecular formula is C98H127F6O13S3+3. The Morgan fingerprint density at radius 3 is 1.26 bits per heavy atom. The van der Waals surface area contributed by atoms with Crippen molar-refractivity contribution in [1.29, 1.82) is 0 Å². The van der Waals surface area contributed by atoms with E-state index in [9.17, 15) is 55.4 Å². The molecule has 0 amide bonds. The number of halogens is 6. The minimum absolute atomic E-state index is 0.0146. The maximum atomic E-state index is 13.4. The number of rotatable bonds is 16. The number of aliphatic hydroxyl groups is 1. The van der Waals surface area contributed by atoms with Crippen LogP contribution >= 0.6 is 0 Å². The molecule has 5 aromatic carbocycles. The third-order valence-corrected chi connectivity index (χ3v) is 35.1. The fourth-order valence-electron chi connectivity index (χ4n) is 24.0. The summed E-state index contributed by atoms with van der Waals surface area (Å²) < 4.78 is 116. The number of carbonyl (C=O) groups is 5. The van der Waals surface area contributed by atoms with Crippen molar-refractivity contribution in [2.24, 2.45) is 81.8 Å². The summed E-state index contributed by atoms with van der Waals surface area (Å²) in [4.78, 5) is 66.6. The average Bonchev–Trinajstić information content (AvgIpc) is 0.732. The highest BCUT2D eigenvalue weighted by atomic mass is 32.2. The van der Waals surface area contributed by atoms with E-state index in [0.29, 0.717) is 117 Å². The molecule has 2 heterocycles. The Kier molecular flexibility index (Phi) is 27.8. The lowest BCUT2D eigenvalue weighted by Gasteiger charge is -2.59. The highest BCUT2D eigenvalue weighted by Gasteiger charge is 2.63. The van der Waals surface area contributed by atoms with Crippen LogP contribution in [0, 0.1) is 81.8 Å². The van der Waals surface area contributed by atoms with Crippen LogP contribution in [0.3, 0.4) is 0 Å². The standard InChI is InChI=1S/C25H34F2O5.C18H15S.C14H20F2O3.2C14H21OS.C13H16F2O3/c1-24(26,27)22(28)32-21-18-7-15-8-19(21)11-25(9-15,10-18)23(29)31-12-30-20-16-3-13-2-14(5-16)6-17(20)4-13;1-4-10-16(11-5-1)19(17-12-6-2-7-13-17)18-14-8-3-9-15-18;1-12(15,16)11(17)19-8-13-3-9-2-10(4-13)6-14(18,5-9)7-13;2*1-14(2,3)12-4-6-13(7-5-12)16-10-8-15-9-11-16;1-12(14,15)11(17)18-13-4-7-2-8(5-13)10(16)9(3-7)6-13/h13-21H,2-12H2,1H3;1-15H;9-10,18H,2-8H2,1H3;2*4-7H,8-11H2,1-3H3;7-9H,2-6H2,1H3/q;+1;;2*+1;. The van der Waals surface area contributed by atoms with E-state index in [1.807, 2.05) is 0 Å². The number of Topliss-reactive ketones (excluding diaryl/α,β-unsaturated/α-hetero) is 1. The van der Waals surface area contributed by atoms with Crippen molar-refractivity contribution < 1.29 is 88.6 Å². The first kappa shape index (κ1) is 90.4. The van der Waals surface area contributed by atoms with Gasteiger partial charge in [-0.25, -0.2) is 14.4 Å². The molecule has 5 aromatic rings. The van der Waals surface area contributed by atoms with Crippen LogP contribution in [0.5, 0.6) is 0 Å². The zero-order valence-electron chi connectivity index (χ0n) is 71.6. The first-order chi connectivity index (χ1) is 56.8. The van der Waals surface area contributed by atoms with Crippen molar-refractivity contribution in [2.75, 3.05) is 62.8 Å². The van der Waals surface area contributed by atoms with Gasteiger partial charge in [-0.3, -0.25) is 9.59 Å². The Balaban J connectivity index is 0.000000121. The topological polar surface area (TPSA) is 170 Å². The van der Waals surface area contributed by atoms with Gasteiger partial charge in [-0.05, 0) is 277 Å². The second kappa shape index (κ2) is 37.0. The zero-order chi connectivity index (χ0) is 85.4. The van der Waals surface area contributed by atoms with Gasteiger partial charge < -0.3 is 38.3 Å². The number of carbonyl (C=O) groups excluding carboxylic acids is 5. The van der Waals surface area contributed by atoms with Crippen LogP contribution in [-0.4, -0.2) is 139 Å². The molecule has 0 radical (unpaired) electrons. The summed E-state index contributed by atoms with van der Waals surface area (Å²) in [6.45, 7) is 19.1. The van der Waals surface area contributed by atoms with E-state index < -0.39 is 58.4 Å². The Bertz CT molecular complexity index is 4040. The fourth-order valence-corrected chi connectivity index (χ4v) is 29.8. The molecule has 6 atom stereocenters. The summed E-state index contributed by atoms with van der Waals surface area (Å²) in [5.74, 6) is -5.41. The third-order valence-electron chi connectivity index (χ3n) is 28.4. The lowest BCUT2D eigenvalue weighted by Crippen LogP contribution is -2.58. The monoisotopic (exact) mass is 1720 g/mol. The molecule has 0 aromatic heterocycles. The molecule has 16 bridgehead atoms. The van der Waals surface area contributed by atoms with Gasteiger partial charge in [0, 0.05) is 59.8 Å². The van der Waals surface area contributed by atoms with Crippen molar-refractivity contribution in [3.05, 3.63) is 151 Å². The Morgan fingerprint density at radius 2 is 0.850 bits per heavy atom. The van der Waals surface area contributed by atoms with Gasteiger partial charge in [0.2, 0.25) is 0 Å². The van der Waals surface area contributed by atoms with E-state index >= 15 is 0 Å². The predicted molar refractivity (Wildman–Crippen MR) is 455 cm³/mol. The van der Waals surface area contributed by atoms with E-state index in [2.05, 4.69) is 181 Å². The number of esters is 4. The van der Waals surface area contributed by atoms with Crippen LogP contribution in [0.2, 0.25) is 0 Å². The van der Waals surface area contributed by atoms with Crippen molar-refractivity contribution in [3.8, 4) is 0 Å². The van der Waals surface area contributed by atoms with Gasteiger partial charge in [-0.1, -0.05) is 120 Å². The molecule has 23 rings (SSSR count). The molecule has 13 nitrogen and oxygen atoms in total. The molecule has 2 saturated heterocycles. The number of hydrogen-bond donors (Lipinski definition) is 1. The van der Waals surface area contributed by atoms with Gasteiger partial charge in [0.1, 0.15) is 40.5 Å². The van der Waals surface area contributed by atoms with E-state index in [-0.39, 0.29) is 82.1 Å². The van der Waals surface area contributed by atoms with Crippen molar-refractivity contribution in [1.82, 2.24) is 0 Å². The number of hydrogen-bond acceptors (Lipinski definition) is 13. The molecule has 654 valence electrons. The highest BCUT2D eigenvalue weighted by molar-refractivity contribution is 7.97. The van der Waals surface area contributed by atoms with Gasteiger partial charge in [0.25, 0.3) is 0 Å². The minimum Gasteiger partial charge on any atom is -0.461 e. The average molecular weight is 1720 g/mol. The van der Waals surface area contributed by atoms with Crippen LogP contribution in [0.4, 0.5) is 26.3 Å². The molecule has 16 aliphatic carbocycles. The Morgan fingerprint density at radius 1 is 0.442 bits per heavy atom. The summed E-state index contributed by atoms with van der Waals surface area (Å²) >= 11 is 0. The van der Waals surface area contributed by atoms with E-state index in [1.54, 1.807) is 0 Å². The molecule has 22 heteroatoms. The Hall–Kier alpha value is -5.88. The third kappa shape index (κ3) is 22.0. The number of alkyl halides is 6. The quantitative estimate of drug-likeness (QED) is 0.0326. The van der Waals surface area contributed by atoms with Gasteiger partial charge in [-0.2, -0.15) is 26.3 Å². The maximum Gasteiger partial charge on any atom is 0.377 e. The van der Waals surface area contributed by atoms with Crippen LogP contribution < -0.4 is 0 Å². The lowest BCUT2D eigenvalue weighted by molar-refractivity contribution is -0.218. The fraction of sp³-hybridized carbons (Fsp3) is 0.643. The van der Waals surface area contributed by atoms with Gasteiger partial charge in [0.15, 0.2) is 31.3 Å². The minimum atomic E-state index is -3.49. The summed E-state index contributed by atoms with van der Waals surface area (Å²) in [7, 11) is 0.849. The second-order valence-electron chi connectivity index (χ2n) is 40.3. The summed E-state index contributed by atoms with van der Waals surface area (Å²) in [5.41, 5.74) is 1.10. The maximum absolute atomic E-state index is 13.4. The predicted octanol–water partition coefficient (Wildman–Crippen LogP) is 20.3. The smallest absolute Gasteiger partial charge is 0.377 e. The number of benzene rings is 5. The molecule has 1 N–H and O–H groups in total. The van der Waals surface area contributed by atoms with E-state index in [0.717, 1.165) is 102 Å². The van der Waals surface area contributed by atoms with Crippen molar-refractivity contribution >= 4 is 62.3 Å². The van der Waals surface area contributed by atoms with Crippen LogP contribution in [0.25, 0.3) is 0 Å². The van der Waals surface area contributed by atoms with Gasteiger partial charge >= 0.3 is 41.6 Å². The molecule has 18 fully saturated rings. The zero-order valence-corrected chi connectivity index (χ0v) is 74.1. The van der Waals surface area contributed by atoms with Crippen LogP contribution in [-0.2, 0) is 101 Å². The molecule has 2 aliphatic heterocycles. The summed E-state index contributed by atoms with van der Waals surface area (Å²) in [5, 5.41) is 10.5. The summed E-state index contributed by atoms with van der Waals surface area (Å²) in [6.07, 6.45) is 18.1. The molecule has 18 aliphatic rings. The largest absolute Gasteiger partial charge is 0.461 e. The van der Waals surface area contributed by atoms with Crippen LogP contribution in [0.15, 0.2) is 164 Å². The lowest BCUT2D eigenvalue weighted by atomic mass is 9.48. The summed E-state index contributed by atoms with van der Waals surface area (Å²) in [6, 6.07) is 50.6. The first-order valence-electron chi connectivity index (χ1n) is 44.2. The highest BCUT2D eigenvalue weighted by Crippen LogP contribution is 2.64. The first-order valence-corrected chi connectivity index (χ1v) is 48.5. The molecule has 16 saturated carbocycles. The van der Waals surface area contributed by atoms with E-state index in [4.69, 9.17) is 33.2 Å². The van der Waals surface area contributed by atoms with E-state index in [1.165, 1.54) is 90.7 Å². The normalized spacial score (nSPS) is 32.9.